The molecule has 2 aromatic carbocycles. The van der Waals surface area contributed by atoms with Crippen LogP contribution in [0.15, 0.2) is 53.5 Å². The number of aryl methyl sites for hydroxylation is 4. The van der Waals surface area contributed by atoms with Crippen molar-refractivity contribution in [2.24, 2.45) is 0 Å². The second-order valence-corrected chi connectivity index (χ2v) is 7.50. The van der Waals surface area contributed by atoms with Crippen LogP contribution in [0.4, 0.5) is 5.69 Å². The molecule has 0 saturated heterocycles. The van der Waals surface area contributed by atoms with Gasteiger partial charge in [-0.3, -0.25) is 9.59 Å². The molecule has 7 nitrogen and oxygen atoms in total. The molecule has 7 heteroatoms. The summed E-state index contributed by atoms with van der Waals surface area (Å²) in [5, 5.41) is 12.3. The number of hydrogen-bond acceptors (Lipinski definition) is 4. The molecule has 0 saturated carbocycles. The summed E-state index contributed by atoms with van der Waals surface area (Å²) >= 11 is 0. The summed E-state index contributed by atoms with van der Waals surface area (Å²) < 4.78 is 2.82. The van der Waals surface area contributed by atoms with Gasteiger partial charge in [0.25, 0.3) is 5.56 Å². The highest BCUT2D eigenvalue weighted by atomic mass is 16.2. The fraction of sp³-hybridized carbons (Fsp3) is 0.217. The Morgan fingerprint density at radius 3 is 2.50 bits per heavy atom. The Bertz CT molecular complexity index is 1330. The SMILES string of the molecule is Cc1ccc(-n2ncc3c(C)nn(CC(=O)Nc4ccccc4C)c(=O)c32)cc1C. The molecule has 1 amide bonds. The lowest BCUT2D eigenvalue weighted by atomic mass is 10.1. The second kappa shape index (κ2) is 7.59. The van der Waals surface area contributed by atoms with Crippen LogP contribution in [0.3, 0.4) is 0 Å². The van der Waals surface area contributed by atoms with Gasteiger partial charge in [-0.1, -0.05) is 24.3 Å². The zero-order chi connectivity index (χ0) is 21.4. The molecule has 4 aromatic rings. The lowest BCUT2D eigenvalue weighted by molar-refractivity contribution is -0.117. The monoisotopic (exact) mass is 401 g/mol. The Kier molecular flexibility index (Phi) is 4.95. The Hall–Kier alpha value is -3.74. The van der Waals surface area contributed by atoms with Crippen LogP contribution in [0.1, 0.15) is 22.4 Å². The summed E-state index contributed by atoms with van der Waals surface area (Å²) in [6.45, 7) is 7.60. The number of carbonyl (C=O) groups is 1. The number of rotatable bonds is 4. The van der Waals surface area contributed by atoms with Gasteiger partial charge < -0.3 is 5.32 Å². The highest BCUT2D eigenvalue weighted by Gasteiger charge is 2.17. The number of para-hydroxylation sites is 1. The van der Waals surface area contributed by atoms with E-state index in [-0.39, 0.29) is 18.0 Å². The average molecular weight is 401 g/mol. The third kappa shape index (κ3) is 3.50. The van der Waals surface area contributed by atoms with Gasteiger partial charge in [-0.25, -0.2) is 9.36 Å². The second-order valence-electron chi connectivity index (χ2n) is 7.50. The van der Waals surface area contributed by atoms with E-state index in [4.69, 9.17) is 0 Å². The summed E-state index contributed by atoms with van der Waals surface area (Å²) in [5.41, 5.74) is 5.44. The van der Waals surface area contributed by atoms with Crippen LogP contribution in [0.25, 0.3) is 16.6 Å². The third-order valence-electron chi connectivity index (χ3n) is 5.31. The van der Waals surface area contributed by atoms with E-state index in [2.05, 4.69) is 15.5 Å². The van der Waals surface area contributed by atoms with E-state index in [1.807, 2.05) is 70.2 Å². The van der Waals surface area contributed by atoms with Gasteiger partial charge in [0.15, 0.2) is 0 Å². The van der Waals surface area contributed by atoms with Crippen LogP contribution in [0, 0.1) is 27.7 Å². The number of fused-ring (bicyclic) bond motifs is 1. The number of nitrogens with zero attached hydrogens (tertiary/aromatic N) is 4. The van der Waals surface area contributed by atoms with E-state index in [1.165, 1.54) is 10.2 Å². The van der Waals surface area contributed by atoms with Crippen LogP contribution >= 0.6 is 0 Å². The van der Waals surface area contributed by atoms with Crippen molar-refractivity contribution in [3.05, 3.63) is 81.4 Å². The van der Waals surface area contributed by atoms with Gasteiger partial charge in [0, 0.05) is 11.1 Å². The highest BCUT2D eigenvalue weighted by Crippen LogP contribution is 2.19. The summed E-state index contributed by atoms with van der Waals surface area (Å²) in [6.07, 6.45) is 1.64. The minimum atomic E-state index is -0.355. The molecule has 30 heavy (non-hydrogen) atoms. The van der Waals surface area contributed by atoms with Crippen molar-refractivity contribution < 1.29 is 4.79 Å². The third-order valence-corrected chi connectivity index (χ3v) is 5.31. The van der Waals surface area contributed by atoms with Crippen molar-refractivity contribution in [2.45, 2.75) is 34.2 Å². The molecular weight excluding hydrogens is 378 g/mol. The van der Waals surface area contributed by atoms with Gasteiger partial charge in [0.05, 0.1) is 17.6 Å². The molecule has 0 spiro atoms. The van der Waals surface area contributed by atoms with Gasteiger partial charge in [-0.15, -0.1) is 0 Å². The van der Waals surface area contributed by atoms with Crippen LogP contribution in [0.2, 0.25) is 0 Å². The number of amides is 1. The van der Waals surface area contributed by atoms with Gasteiger partial charge in [-0.2, -0.15) is 10.2 Å². The highest BCUT2D eigenvalue weighted by molar-refractivity contribution is 5.91. The molecule has 0 aliphatic carbocycles. The standard InChI is InChI=1S/C23H23N5O2/c1-14-9-10-18(11-16(14)3)28-22-19(12-24-28)17(4)26-27(23(22)30)13-21(29)25-20-8-6-5-7-15(20)2/h5-12H,13H2,1-4H3,(H,25,29). The molecule has 0 bridgehead atoms. The van der Waals surface area contributed by atoms with Gasteiger partial charge >= 0.3 is 0 Å². The lowest BCUT2D eigenvalue weighted by Gasteiger charge is -2.11. The topological polar surface area (TPSA) is 81.8 Å². The quantitative estimate of drug-likeness (QED) is 0.568. The van der Waals surface area contributed by atoms with E-state index < -0.39 is 0 Å². The maximum atomic E-state index is 13.2. The number of benzene rings is 2. The van der Waals surface area contributed by atoms with Crippen LogP contribution in [0.5, 0.6) is 0 Å². The van der Waals surface area contributed by atoms with E-state index in [9.17, 15) is 9.59 Å². The first-order valence-corrected chi connectivity index (χ1v) is 9.73. The molecule has 0 fully saturated rings. The van der Waals surface area contributed by atoms with E-state index >= 15 is 0 Å². The number of nitrogens with one attached hydrogen (secondary N) is 1. The first-order chi connectivity index (χ1) is 14.3. The number of carbonyl (C=O) groups excluding carboxylic acids is 1. The summed E-state index contributed by atoms with van der Waals surface area (Å²) in [4.78, 5) is 25.8. The van der Waals surface area contributed by atoms with E-state index in [0.29, 0.717) is 22.3 Å². The minimum absolute atomic E-state index is 0.179. The molecule has 0 radical (unpaired) electrons. The summed E-state index contributed by atoms with van der Waals surface area (Å²) in [6, 6.07) is 13.4. The number of anilines is 1. The first kappa shape index (κ1) is 19.6. The average Bonchev–Trinajstić information content (AvgIpc) is 3.16. The normalized spacial score (nSPS) is 11.1. The zero-order valence-electron chi connectivity index (χ0n) is 17.4. The fourth-order valence-electron chi connectivity index (χ4n) is 3.42. The molecule has 152 valence electrons. The van der Waals surface area contributed by atoms with Crippen molar-refractivity contribution in [2.75, 3.05) is 5.32 Å². The van der Waals surface area contributed by atoms with Crippen LogP contribution < -0.4 is 10.9 Å². The van der Waals surface area contributed by atoms with Gasteiger partial charge in [0.2, 0.25) is 5.91 Å². The first-order valence-electron chi connectivity index (χ1n) is 9.73. The number of aromatic nitrogens is 4. The molecule has 2 aromatic heterocycles. The Morgan fingerprint density at radius 2 is 1.77 bits per heavy atom. The predicted molar refractivity (Wildman–Crippen MR) is 117 cm³/mol. The molecule has 1 N–H and O–H groups in total. The Morgan fingerprint density at radius 1 is 1.00 bits per heavy atom. The maximum Gasteiger partial charge on any atom is 0.293 e. The van der Waals surface area contributed by atoms with Crippen molar-refractivity contribution in [3.8, 4) is 5.69 Å². The molecule has 0 atom stereocenters. The van der Waals surface area contributed by atoms with Crippen LogP contribution in [-0.4, -0.2) is 25.5 Å². The Balaban J connectivity index is 1.74. The number of hydrogen-bond donors (Lipinski definition) is 1. The Labute approximate surface area is 174 Å². The van der Waals surface area contributed by atoms with Crippen molar-refractivity contribution in [1.82, 2.24) is 19.6 Å². The largest absolute Gasteiger partial charge is 0.324 e. The smallest absolute Gasteiger partial charge is 0.293 e. The predicted octanol–water partition coefficient (Wildman–Crippen LogP) is 3.45. The summed E-state index contributed by atoms with van der Waals surface area (Å²) in [5.74, 6) is -0.310. The van der Waals surface area contributed by atoms with Crippen molar-refractivity contribution in [1.29, 1.82) is 0 Å². The van der Waals surface area contributed by atoms with Gasteiger partial charge in [0.1, 0.15) is 12.1 Å². The van der Waals surface area contributed by atoms with E-state index in [1.54, 1.807) is 10.9 Å². The van der Waals surface area contributed by atoms with Crippen LogP contribution in [-0.2, 0) is 11.3 Å². The summed E-state index contributed by atoms with van der Waals surface area (Å²) in [7, 11) is 0. The van der Waals surface area contributed by atoms with Gasteiger partial charge in [-0.05, 0) is 62.6 Å². The molecule has 4 rings (SSSR count). The molecule has 0 aliphatic rings. The molecule has 0 unspecified atom stereocenters. The molecule has 0 aliphatic heterocycles. The maximum absolute atomic E-state index is 13.2. The fourth-order valence-corrected chi connectivity index (χ4v) is 3.42. The zero-order valence-corrected chi connectivity index (χ0v) is 17.4. The van der Waals surface area contributed by atoms with Crippen molar-refractivity contribution in [3.63, 3.8) is 0 Å². The minimum Gasteiger partial charge on any atom is -0.324 e. The van der Waals surface area contributed by atoms with Crippen molar-refractivity contribution >= 4 is 22.5 Å². The molecule has 2 heterocycles. The lowest BCUT2D eigenvalue weighted by Crippen LogP contribution is -2.31. The molecular formula is C23H23N5O2. The van der Waals surface area contributed by atoms with E-state index in [0.717, 1.165) is 16.8 Å².